The van der Waals surface area contributed by atoms with Crippen molar-refractivity contribution in [3.05, 3.63) is 75.6 Å². The second-order valence-electron chi connectivity index (χ2n) is 8.05. The summed E-state index contributed by atoms with van der Waals surface area (Å²) in [6, 6.07) is 9.70. The number of hydrogen-bond acceptors (Lipinski definition) is 6. The minimum atomic E-state index is -1.02. The quantitative estimate of drug-likeness (QED) is 0.287. The maximum absolute atomic E-state index is 13.4. The van der Waals surface area contributed by atoms with E-state index in [0.717, 1.165) is 31.0 Å². The number of para-hydroxylation sites is 1. The maximum atomic E-state index is 13.4. The molecule has 1 aliphatic carbocycles. The van der Waals surface area contributed by atoms with Gasteiger partial charge in [0.25, 0.3) is 23.4 Å². The Bertz CT molecular complexity index is 1130. The van der Waals surface area contributed by atoms with Crippen LogP contribution in [-0.4, -0.2) is 45.0 Å². The van der Waals surface area contributed by atoms with E-state index in [1.807, 2.05) is 0 Å². The number of Topliss-reactive ketones (excluding diaryl/α,β-unsaturated/α-hetero) is 1. The van der Waals surface area contributed by atoms with E-state index in [2.05, 4.69) is 0 Å². The second-order valence-corrected chi connectivity index (χ2v) is 8.05. The van der Waals surface area contributed by atoms with Crippen LogP contribution in [0.1, 0.15) is 46.4 Å². The van der Waals surface area contributed by atoms with Crippen molar-refractivity contribution in [3.8, 4) is 0 Å². The Morgan fingerprint density at radius 2 is 1.58 bits per heavy atom. The van der Waals surface area contributed by atoms with E-state index in [4.69, 9.17) is 0 Å². The number of fused-ring (bicyclic) bond motifs is 1. The van der Waals surface area contributed by atoms with Gasteiger partial charge < -0.3 is 0 Å². The van der Waals surface area contributed by atoms with Crippen LogP contribution >= 0.6 is 0 Å². The summed E-state index contributed by atoms with van der Waals surface area (Å²) in [4.78, 5) is 63.3. The zero-order valence-corrected chi connectivity index (χ0v) is 17.5. The van der Waals surface area contributed by atoms with E-state index in [0.29, 0.717) is 22.9 Å². The molecule has 0 spiro atoms. The molecule has 170 valence electrons. The molecule has 1 saturated heterocycles. The molecule has 0 aromatic heterocycles. The van der Waals surface area contributed by atoms with E-state index in [-0.39, 0.29) is 11.1 Å². The molecule has 1 aliphatic heterocycles. The Kier molecular flexibility index (Phi) is 5.99. The topological polar surface area (TPSA) is 118 Å². The Hall–Kier alpha value is -3.95. The lowest BCUT2D eigenvalue weighted by Crippen LogP contribution is -2.52. The molecular weight excluding hydrogens is 433 g/mol. The van der Waals surface area contributed by atoms with E-state index in [9.17, 15) is 33.7 Å². The van der Waals surface area contributed by atoms with Gasteiger partial charge in [0.05, 0.1) is 16.8 Å². The highest BCUT2D eigenvalue weighted by Crippen LogP contribution is 2.39. The molecule has 0 N–H and O–H groups in total. The first-order chi connectivity index (χ1) is 15.8. The van der Waals surface area contributed by atoms with Crippen molar-refractivity contribution >= 4 is 29.2 Å². The molecule has 0 unspecified atom stereocenters. The number of nitro groups is 1. The molecule has 2 aliphatic rings. The van der Waals surface area contributed by atoms with Crippen LogP contribution in [0.5, 0.6) is 0 Å². The van der Waals surface area contributed by atoms with Gasteiger partial charge in [0, 0.05) is 11.6 Å². The molecule has 9 nitrogen and oxygen atoms in total. The lowest BCUT2D eigenvalue weighted by Gasteiger charge is -2.30. The third-order valence-corrected chi connectivity index (χ3v) is 6.08. The Labute approximate surface area is 187 Å². The van der Waals surface area contributed by atoms with Gasteiger partial charge in [0.2, 0.25) is 0 Å². The molecule has 0 radical (unpaired) electrons. The lowest BCUT2D eigenvalue weighted by molar-refractivity contribution is -0.385. The Morgan fingerprint density at radius 3 is 2.15 bits per heavy atom. The normalized spacial score (nSPS) is 19.8. The van der Waals surface area contributed by atoms with E-state index >= 15 is 0 Å². The third-order valence-electron chi connectivity index (χ3n) is 6.08. The highest BCUT2D eigenvalue weighted by Gasteiger charge is 2.52. The van der Waals surface area contributed by atoms with Crippen LogP contribution in [0.3, 0.4) is 0 Å². The first-order valence-corrected chi connectivity index (χ1v) is 10.5. The predicted molar refractivity (Wildman–Crippen MR) is 112 cm³/mol. The standard InChI is InChI=1S/C23H20FN3O6/c24-15-11-9-14(10-12-15)20(28)13-25(21(29)18-7-3-4-8-19(18)27(32)33)26-22(30)16-5-1-2-6-17(16)23(26)31/h3-4,7-12,16-17H,1-2,5-6,13H2/t16-,17-/m0/s1. The van der Waals surface area contributed by atoms with Gasteiger partial charge in [-0.1, -0.05) is 25.0 Å². The fraction of sp³-hybridized carbons (Fsp3) is 0.304. The molecule has 3 amide bonds. The molecule has 2 fully saturated rings. The van der Waals surface area contributed by atoms with Crippen molar-refractivity contribution in [2.45, 2.75) is 25.7 Å². The van der Waals surface area contributed by atoms with E-state index in [1.165, 1.54) is 30.3 Å². The number of ketones is 1. The third kappa shape index (κ3) is 4.11. The number of hydrazine groups is 1. The molecule has 2 atom stereocenters. The summed E-state index contributed by atoms with van der Waals surface area (Å²) >= 11 is 0. The molecule has 10 heteroatoms. The zero-order chi connectivity index (χ0) is 23.7. The molecule has 1 heterocycles. The average Bonchev–Trinajstić information content (AvgIpc) is 3.07. The predicted octanol–water partition coefficient (Wildman–Crippen LogP) is 3.15. The van der Waals surface area contributed by atoms with Crippen molar-refractivity contribution in [2.24, 2.45) is 11.8 Å². The maximum Gasteiger partial charge on any atom is 0.282 e. The summed E-state index contributed by atoms with van der Waals surface area (Å²) in [5.41, 5.74) is -0.809. The van der Waals surface area contributed by atoms with Gasteiger partial charge in [0.1, 0.15) is 17.9 Å². The SMILES string of the molecule is O=C(CN(C(=O)c1ccccc1[N+](=O)[O-])N1C(=O)[C@H]2CCCC[C@@H]2C1=O)c1ccc(F)cc1. The second kappa shape index (κ2) is 8.89. The molecule has 4 rings (SSSR count). The summed E-state index contributed by atoms with van der Waals surface area (Å²) in [7, 11) is 0. The Balaban J connectivity index is 1.74. The number of benzene rings is 2. The fourth-order valence-electron chi connectivity index (χ4n) is 4.43. The smallest absolute Gasteiger partial charge is 0.282 e. The van der Waals surface area contributed by atoms with Crippen LogP contribution in [-0.2, 0) is 9.59 Å². The monoisotopic (exact) mass is 453 g/mol. The van der Waals surface area contributed by atoms with Crippen LogP contribution in [0, 0.1) is 27.8 Å². The van der Waals surface area contributed by atoms with Crippen LogP contribution in [0.25, 0.3) is 0 Å². The number of nitrogens with zero attached hydrogens (tertiary/aromatic N) is 3. The van der Waals surface area contributed by atoms with Crippen molar-refractivity contribution in [2.75, 3.05) is 6.54 Å². The van der Waals surface area contributed by atoms with Crippen LogP contribution in [0.2, 0.25) is 0 Å². The van der Waals surface area contributed by atoms with Crippen LogP contribution in [0.4, 0.5) is 10.1 Å². The number of hydrogen-bond donors (Lipinski definition) is 0. The first kappa shape index (κ1) is 22.3. The lowest BCUT2D eigenvalue weighted by atomic mass is 9.81. The van der Waals surface area contributed by atoms with Gasteiger partial charge in [-0.15, -0.1) is 0 Å². The van der Waals surface area contributed by atoms with Gasteiger partial charge in [-0.25, -0.2) is 9.40 Å². The highest BCUT2D eigenvalue weighted by molar-refractivity contribution is 6.10. The number of carbonyl (C=O) groups excluding carboxylic acids is 4. The van der Waals surface area contributed by atoms with Gasteiger partial charge >= 0.3 is 0 Å². The number of rotatable bonds is 6. The average molecular weight is 453 g/mol. The van der Waals surface area contributed by atoms with Crippen molar-refractivity contribution in [1.29, 1.82) is 0 Å². The van der Waals surface area contributed by atoms with Crippen LogP contribution < -0.4 is 0 Å². The van der Waals surface area contributed by atoms with Gasteiger partial charge in [0.15, 0.2) is 5.78 Å². The molecule has 33 heavy (non-hydrogen) atoms. The Morgan fingerprint density at radius 1 is 1.00 bits per heavy atom. The zero-order valence-electron chi connectivity index (χ0n) is 17.5. The number of nitro benzene ring substituents is 1. The number of carbonyl (C=O) groups is 4. The summed E-state index contributed by atoms with van der Waals surface area (Å²) in [6.45, 7) is -0.715. The first-order valence-electron chi connectivity index (χ1n) is 10.5. The van der Waals surface area contributed by atoms with E-state index < -0.39 is 58.3 Å². The van der Waals surface area contributed by atoms with Gasteiger partial charge in [-0.05, 0) is 43.2 Å². The minimum absolute atomic E-state index is 0.0632. The number of halogens is 1. The summed E-state index contributed by atoms with van der Waals surface area (Å²) in [6.07, 6.45) is 2.51. The fourth-order valence-corrected chi connectivity index (χ4v) is 4.43. The number of amides is 3. The van der Waals surface area contributed by atoms with Gasteiger partial charge in [-0.3, -0.25) is 29.3 Å². The van der Waals surface area contributed by atoms with Crippen LogP contribution in [0.15, 0.2) is 48.5 Å². The number of imide groups is 1. The van der Waals surface area contributed by atoms with Crippen molar-refractivity contribution in [1.82, 2.24) is 10.0 Å². The minimum Gasteiger partial charge on any atom is -0.292 e. The molecular formula is C23H20FN3O6. The van der Waals surface area contributed by atoms with Gasteiger partial charge in [-0.2, -0.15) is 5.01 Å². The highest BCUT2D eigenvalue weighted by atomic mass is 19.1. The van der Waals surface area contributed by atoms with E-state index in [1.54, 1.807) is 0 Å². The summed E-state index contributed by atoms with van der Waals surface area (Å²) < 4.78 is 13.3. The van der Waals surface area contributed by atoms with Crippen molar-refractivity contribution in [3.63, 3.8) is 0 Å². The summed E-state index contributed by atoms with van der Waals surface area (Å²) in [5.74, 6) is -4.60. The largest absolute Gasteiger partial charge is 0.292 e. The summed E-state index contributed by atoms with van der Waals surface area (Å²) in [5, 5.41) is 12.8. The molecule has 2 aromatic rings. The van der Waals surface area contributed by atoms with Crippen molar-refractivity contribution < 1.29 is 28.5 Å². The molecule has 0 bridgehead atoms. The molecule has 1 saturated carbocycles. The molecule has 2 aromatic carbocycles.